The smallest absolute Gasteiger partial charge is 0.270 e. The standard InChI is InChI=1S/C27H28N4O/c1-4-31-25(27(32)28-19-20-11-7-5-8-12-20)24(21-15-17-23(18-16-21)30(2)3)29-26(31)22-13-9-6-10-14-22/h5-18H,4,19H2,1-3H3,(H,28,32). The van der Waals surface area contributed by atoms with E-state index in [-0.39, 0.29) is 5.91 Å². The summed E-state index contributed by atoms with van der Waals surface area (Å²) in [6.07, 6.45) is 0. The molecule has 0 unspecified atom stereocenters. The summed E-state index contributed by atoms with van der Waals surface area (Å²) >= 11 is 0. The molecule has 4 rings (SSSR count). The summed E-state index contributed by atoms with van der Waals surface area (Å²) in [4.78, 5) is 20.4. The summed E-state index contributed by atoms with van der Waals surface area (Å²) in [7, 11) is 4.02. The van der Waals surface area contributed by atoms with Gasteiger partial charge in [-0.05, 0) is 24.6 Å². The van der Waals surface area contributed by atoms with E-state index < -0.39 is 0 Å². The van der Waals surface area contributed by atoms with Crippen LogP contribution in [0.5, 0.6) is 0 Å². The van der Waals surface area contributed by atoms with E-state index >= 15 is 0 Å². The number of anilines is 1. The number of aromatic nitrogens is 2. The highest BCUT2D eigenvalue weighted by molar-refractivity contribution is 5.99. The van der Waals surface area contributed by atoms with Gasteiger partial charge in [0.2, 0.25) is 0 Å². The van der Waals surface area contributed by atoms with Crippen LogP contribution in [0.1, 0.15) is 23.0 Å². The van der Waals surface area contributed by atoms with Crippen LogP contribution < -0.4 is 10.2 Å². The van der Waals surface area contributed by atoms with Crippen molar-refractivity contribution in [2.45, 2.75) is 20.0 Å². The maximum Gasteiger partial charge on any atom is 0.270 e. The van der Waals surface area contributed by atoms with Gasteiger partial charge in [0, 0.05) is 44.0 Å². The highest BCUT2D eigenvalue weighted by Gasteiger charge is 2.24. The minimum Gasteiger partial charge on any atom is -0.378 e. The highest BCUT2D eigenvalue weighted by atomic mass is 16.2. The van der Waals surface area contributed by atoms with Crippen LogP contribution in [-0.2, 0) is 13.1 Å². The molecule has 5 heteroatoms. The van der Waals surface area contributed by atoms with E-state index in [9.17, 15) is 4.79 Å². The lowest BCUT2D eigenvalue weighted by atomic mass is 10.1. The van der Waals surface area contributed by atoms with Gasteiger partial charge in [0.1, 0.15) is 17.2 Å². The Morgan fingerprint density at radius 1 is 0.875 bits per heavy atom. The van der Waals surface area contributed by atoms with Gasteiger partial charge in [0.15, 0.2) is 0 Å². The largest absolute Gasteiger partial charge is 0.378 e. The van der Waals surface area contributed by atoms with Crippen molar-refractivity contribution in [3.8, 4) is 22.6 Å². The Morgan fingerprint density at radius 3 is 2.09 bits per heavy atom. The Kier molecular flexibility index (Phi) is 6.36. The zero-order chi connectivity index (χ0) is 22.5. The summed E-state index contributed by atoms with van der Waals surface area (Å²) in [6, 6.07) is 28.1. The zero-order valence-electron chi connectivity index (χ0n) is 18.7. The quantitative estimate of drug-likeness (QED) is 0.442. The molecule has 3 aromatic carbocycles. The molecule has 0 aliphatic heterocycles. The van der Waals surface area contributed by atoms with Gasteiger partial charge >= 0.3 is 0 Å². The first-order valence-corrected chi connectivity index (χ1v) is 10.8. The van der Waals surface area contributed by atoms with Gasteiger partial charge < -0.3 is 14.8 Å². The molecule has 1 aromatic heterocycles. The van der Waals surface area contributed by atoms with Crippen molar-refractivity contribution in [3.05, 3.63) is 96.2 Å². The van der Waals surface area contributed by atoms with E-state index in [1.807, 2.05) is 111 Å². The van der Waals surface area contributed by atoms with Gasteiger partial charge in [-0.15, -0.1) is 0 Å². The average molecular weight is 425 g/mol. The average Bonchev–Trinajstić information content (AvgIpc) is 3.23. The number of amides is 1. The first-order valence-electron chi connectivity index (χ1n) is 10.8. The van der Waals surface area contributed by atoms with Gasteiger partial charge in [-0.3, -0.25) is 4.79 Å². The predicted octanol–water partition coefficient (Wildman–Crippen LogP) is 5.23. The number of imidazole rings is 1. The Labute approximate surface area is 189 Å². The minimum absolute atomic E-state index is 0.128. The van der Waals surface area contributed by atoms with Crippen molar-refractivity contribution in [3.63, 3.8) is 0 Å². The molecule has 5 nitrogen and oxygen atoms in total. The Hall–Kier alpha value is -3.86. The van der Waals surface area contributed by atoms with Crippen LogP contribution in [0.15, 0.2) is 84.9 Å². The van der Waals surface area contributed by atoms with Crippen LogP contribution in [0, 0.1) is 0 Å². The molecule has 0 aliphatic rings. The molecule has 4 aromatic rings. The summed E-state index contributed by atoms with van der Waals surface area (Å²) < 4.78 is 2.00. The predicted molar refractivity (Wildman–Crippen MR) is 131 cm³/mol. The van der Waals surface area contributed by atoms with Crippen molar-refractivity contribution in [2.75, 3.05) is 19.0 Å². The van der Waals surface area contributed by atoms with E-state index in [0.717, 1.165) is 28.2 Å². The van der Waals surface area contributed by atoms with E-state index in [0.29, 0.717) is 24.5 Å². The lowest BCUT2D eigenvalue weighted by Gasteiger charge is -2.13. The van der Waals surface area contributed by atoms with Crippen molar-refractivity contribution in [1.82, 2.24) is 14.9 Å². The highest BCUT2D eigenvalue weighted by Crippen LogP contribution is 2.30. The van der Waals surface area contributed by atoms with E-state index in [1.165, 1.54) is 0 Å². The van der Waals surface area contributed by atoms with Crippen LogP contribution in [0.4, 0.5) is 5.69 Å². The fourth-order valence-electron chi connectivity index (χ4n) is 3.78. The minimum atomic E-state index is -0.128. The monoisotopic (exact) mass is 424 g/mol. The SMILES string of the molecule is CCn1c(-c2ccccc2)nc(-c2ccc(N(C)C)cc2)c1C(=O)NCc1ccccc1. The molecule has 1 N–H and O–H groups in total. The molecule has 0 saturated carbocycles. The molecule has 0 radical (unpaired) electrons. The third kappa shape index (κ3) is 4.42. The second kappa shape index (κ2) is 9.52. The third-order valence-electron chi connectivity index (χ3n) is 5.48. The molecule has 162 valence electrons. The molecule has 1 amide bonds. The van der Waals surface area contributed by atoms with Crippen molar-refractivity contribution in [1.29, 1.82) is 0 Å². The lowest BCUT2D eigenvalue weighted by Crippen LogP contribution is -2.26. The molecule has 0 aliphatic carbocycles. The lowest BCUT2D eigenvalue weighted by molar-refractivity contribution is 0.0942. The summed E-state index contributed by atoms with van der Waals surface area (Å²) in [5.74, 6) is 0.668. The van der Waals surface area contributed by atoms with E-state index in [2.05, 4.69) is 10.2 Å². The molecular weight excluding hydrogens is 396 g/mol. The van der Waals surface area contributed by atoms with Crippen molar-refractivity contribution in [2.24, 2.45) is 0 Å². The second-order valence-electron chi connectivity index (χ2n) is 7.85. The van der Waals surface area contributed by atoms with Crippen LogP contribution in [0.3, 0.4) is 0 Å². The molecule has 0 bridgehead atoms. The summed E-state index contributed by atoms with van der Waals surface area (Å²) in [5, 5.41) is 3.09. The number of hydrogen-bond acceptors (Lipinski definition) is 3. The number of nitrogens with zero attached hydrogens (tertiary/aromatic N) is 3. The Bertz CT molecular complexity index is 1180. The maximum atomic E-state index is 13.4. The molecule has 0 atom stereocenters. The number of carbonyl (C=O) groups is 1. The summed E-state index contributed by atoms with van der Waals surface area (Å²) in [6.45, 7) is 3.15. The normalized spacial score (nSPS) is 10.7. The fraction of sp³-hybridized carbons (Fsp3) is 0.185. The molecule has 0 spiro atoms. The fourth-order valence-corrected chi connectivity index (χ4v) is 3.78. The molecule has 32 heavy (non-hydrogen) atoms. The first-order chi connectivity index (χ1) is 15.6. The topological polar surface area (TPSA) is 50.2 Å². The number of benzene rings is 3. The second-order valence-corrected chi connectivity index (χ2v) is 7.85. The van der Waals surface area contributed by atoms with Crippen molar-refractivity contribution < 1.29 is 4.79 Å². The van der Waals surface area contributed by atoms with Crippen molar-refractivity contribution >= 4 is 11.6 Å². The molecule has 0 fully saturated rings. The van der Waals surface area contributed by atoms with Gasteiger partial charge in [-0.25, -0.2) is 4.98 Å². The van der Waals surface area contributed by atoms with E-state index in [1.54, 1.807) is 0 Å². The number of carbonyl (C=O) groups excluding carboxylic acids is 1. The number of hydrogen-bond donors (Lipinski definition) is 1. The molecular formula is C27H28N4O. The van der Waals surface area contributed by atoms with E-state index in [4.69, 9.17) is 4.98 Å². The van der Waals surface area contributed by atoms with Crippen LogP contribution in [0.2, 0.25) is 0 Å². The first kappa shape index (κ1) is 21.4. The summed E-state index contributed by atoms with van der Waals surface area (Å²) in [5.41, 5.74) is 5.35. The zero-order valence-corrected chi connectivity index (χ0v) is 18.7. The molecule has 1 heterocycles. The number of nitrogens with one attached hydrogen (secondary N) is 1. The van der Waals surface area contributed by atoms with Gasteiger partial charge in [0.25, 0.3) is 5.91 Å². The Morgan fingerprint density at radius 2 is 1.50 bits per heavy atom. The number of rotatable bonds is 7. The maximum absolute atomic E-state index is 13.4. The van der Waals surface area contributed by atoms with Gasteiger partial charge in [0.05, 0.1) is 0 Å². The van der Waals surface area contributed by atoms with Gasteiger partial charge in [-0.1, -0.05) is 72.8 Å². The third-order valence-corrected chi connectivity index (χ3v) is 5.48. The van der Waals surface area contributed by atoms with Gasteiger partial charge in [-0.2, -0.15) is 0 Å². The van der Waals surface area contributed by atoms with Crippen LogP contribution >= 0.6 is 0 Å². The van der Waals surface area contributed by atoms with Crippen LogP contribution in [-0.4, -0.2) is 29.6 Å². The van der Waals surface area contributed by atoms with Crippen LogP contribution in [0.25, 0.3) is 22.6 Å². The molecule has 0 saturated heterocycles. The Balaban J connectivity index is 1.78.